The molecule has 1 heterocycles. The van der Waals surface area contributed by atoms with Gasteiger partial charge in [-0.1, -0.05) is 53.7 Å². The lowest BCUT2D eigenvalue weighted by molar-refractivity contribution is 0.0959. The van der Waals surface area contributed by atoms with Gasteiger partial charge in [0.15, 0.2) is 11.5 Å². The van der Waals surface area contributed by atoms with E-state index < -0.39 is 0 Å². The maximum absolute atomic E-state index is 12.7. The maximum Gasteiger partial charge on any atom is 0.188 e. The fraction of sp³-hybridized carbons (Fsp3) is 0.211. The lowest BCUT2D eigenvalue weighted by Crippen LogP contribution is -2.07. The number of carbonyl (C=O) groups is 1. The third kappa shape index (κ3) is 2.46. The number of ketones is 1. The van der Waals surface area contributed by atoms with Gasteiger partial charge in [-0.05, 0) is 37.0 Å². The molecule has 0 spiro atoms. The molecule has 0 amide bonds. The summed E-state index contributed by atoms with van der Waals surface area (Å²) in [6.45, 7) is 1.90. The zero-order chi connectivity index (χ0) is 15.8. The van der Waals surface area contributed by atoms with Crippen molar-refractivity contribution < 1.29 is 4.79 Å². The first-order chi connectivity index (χ1) is 11.3. The molecule has 114 valence electrons. The third-order valence-corrected chi connectivity index (χ3v) is 4.48. The minimum atomic E-state index is 0.0389. The van der Waals surface area contributed by atoms with Crippen LogP contribution in [0.25, 0.3) is 5.69 Å². The van der Waals surface area contributed by atoms with Crippen LogP contribution in [0.3, 0.4) is 0 Å². The summed E-state index contributed by atoms with van der Waals surface area (Å²) in [5.41, 5.74) is 3.46. The second-order valence-electron chi connectivity index (χ2n) is 5.99. The van der Waals surface area contributed by atoms with Crippen LogP contribution in [0, 0.1) is 12.8 Å². The quantitative estimate of drug-likeness (QED) is 0.692. The summed E-state index contributed by atoms with van der Waals surface area (Å²) < 4.78 is 1.73. The van der Waals surface area contributed by atoms with Crippen LogP contribution in [0.5, 0.6) is 0 Å². The van der Waals surface area contributed by atoms with Gasteiger partial charge in [-0.25, -0.2) is 4.68 Å². The van der Waals surface area contributed by atoms with Gasteiger partial charge >= 0.3 is 0 Å². The van der Waals surface area contributed by atoms with Gasteiger partial charge in [0.05, 0.1) is 11.4 Å². The van der Waals surface area contributed by atoms with E-state index in [-0.39, 0.29) is 11.7 Å². The summed E-state index contributed by atoms with van der Waals surface area (Å²) in [4.78, 5) is 12.7. The predicted molar refractivity (Wildman–Crippen MR) is 87.7 cm³/mol. The Balaban J connectivity index is 1.58. The summed E-state index contributed by atoms with van der Waals surface area (Å²) in [6, 6.07) is 20.0. The van der Waals surface area contributed by atoms with Crippen LogP contribution in [-0.4, -0.2) is 20.8 Å². The summed E-state index contributed by atoms with van der Waals surface area (Å²) in [5, 5.41) is 8.31. The Labute approximate surface area is 134 Å². The largest absolute Gasteiger partial charge is 0.292 e. The first kappa shape index (κ1) is 13.9. The normalized spacial score (nSPS) is 19.5. The summed E-state index contributed by atoms with van der Waals surface area (Å²) in [6.07, 6.45) is 0.903. The third-order valence-electron chi connectivity index (χ3n) is 4.48. The Morgan fingerprint density at radius 1 is 1.04 bits per heavy atom. The van der Waals surface area contributed by atoms with Gasteiger partial charge in [0, 0.05) is 5.92 Å². The molecule has 0 aliphatic heterocycles. The number of carbonyl (C=O) groups excluding carboxylic acids is 1. The van der Waals surface area contributed by atoms with E-state index in [1.807, 2.05) is 55.5 Å². The molecule has 1 aromatic heterocycles. The Bertz CT molecular complexity index is 840. The fourth-order valence-corrected chi connectivity index (χ4v) is 3.10. The summed E-state index contributed by atoms with van der Waals surface area (Å²) in [5.74, 6) is 0.473. The maximum atomic E-state index is 12.7. The first-order valence-corrected chi connectivity index (χ1v) is 7.82. The van der Waals surface area contributed by atoms with Crippen molar-refractivity contribution >= 4 is 5.78 Å². The molecule has 4 heteroatoms. The molecule has 4 rings (SSSR count). The lowest BCUT2D eigenvalue weighted by Gasteiger charge is -2.03. The average molecular weight is 303 g/mol. The highest BCUT2D eigenvalue weighted by Gasteiger charge is 2.45. The van der Waals surface area contributed by atoms with E-state index in [2.05, 4.69) is 22.4 Å². The van der Waals surface area contributed by atoms with E-state index in [1.54, 1.807) is 4.68 Å². The van der Waals surface area contributed by atoms with Crippen molar-refractivity contribution in [3.8, 4) is 5.69 Å². The molecule has 1 aliphatic carbocycles. The zero-order valence-electron chi connectivity index (χ0n) is 12.9. The SMILES string of the molecule is Cc1c(C(=O)C2CC2c2ccccc2)nnn1-c1ccccc1. The number of Topliss-reactive ketones (excluding diaryl/α,β-unsaturated/α-hetero) is 1. The van der Waals surface area contributed by atoms with Crippen LogP contribution in [0.15, 0.2) is 60.7 Å². The molecular formula is C19H17N3O. The summed E-state index contributed by atoms with van der Waals surface area (Å²) in [7, 11) is 0. The molecule has 0 radical (unpaired) electrons. The van der Waals surface area contributed by atoms with E-state index in [0.29, 0.717) is 11.6 Å². The Kier molecular flexibility index (Phi) is 3.30. The molecular weight excluding hydrogens is 286 g/mol. The molecule has 1 fully saturated rings. The number of hydrogen-bond donors (Lipinski definition) is 0. The number of aromatic nitrogens is 3. The van der Waals surface area contributed by atoms with E-state index in [0.717, 1.165) is 17.8 Å². The number of para-hydroxylation sites is 1. The van der Waals surface area contributed by atoms with E-state index >= 15 is 0 Å². The molecule has 4 nitrogen and oxygen atoms in total. The van der Waals surface area contributed by atoms with Gasteiger partial charge in [0.2, 0.25) is 0 Å². The highest BCUT2D eigenvalue weighted by Crippen LogP contribution is 2.49. The van der Waals surface area contributed by atoms with Crippen molar-refractivity contribution in [2.45, 2.75) is 19.3 Å². The molecule has 2 aromatic carbocycles. The predicted octanol–water partition coefficient (Wildman–Crippen LogP) is 3.56. The van der Waals surface area contributed by atoms with E-state index in [9.17, 15) is 4.79 Å². The van der Waals surface area contributed by atoms with Crippen LogP contribution in [0.4, 0.5) is 0 Å². The fourth-order valence-electron chi connectivity index (χ4n) is 3.10. The van der Waals surface area contributed by atoms with Gasteiger partial charge < -0.3 is 0 Å². The Hall–Kier alpha value is -2.75. The van der Waals surface area contributed by atoms with Crippen molar-refractivity contribution in [2.24, 2.45) is 5.92 Å². The van der Waals surface area contributed by atoms with Crippen LogP contribution < -0.4 is 0 Å². The van der Waals surface area contributed by atoms with Crippen molar-refractivity contribution in [3.05, 3.63) is 77.6 Å². The molecule has 0 bridgehead atoms. The second-order valence-corrected chi connectivity index (χ2v) is 5.99. The highest BCUT2D eigenvalue weighted by atomic mass is 16.1. The van der Waals surface area contributed by atoms with Crippen molar-refractivity contribution in [1.29, 1.82) is 0 Å². The number of hydrogen-bond acceptors (Lipinski definition) is 3. The number of rotatable bonds is 4. The van der Waals surface area contributed by atoms with Gasteiger partial charge in [-0.15, -0.1) is 5.10 Å². The van der Waals surface area contributed by atoms with Crippen molar-refractivity contribution in [3.63, 3.8) is 0 Å². The van der Waals surface area contributed by atoms with E-state index in [4.69, 9.17) is 0 Å². The molecule has 1 aliphatic rings. The van der Waals surface area contributed by atoms with Crippen LogP contribution in [-0.2, 0) is 0 Å². The molecule has 0 N–H and O–H groups in total. The smallest absolute Gasteiger partial charge is 0.188 e. The highest BCUT2D eigenvalue weighted by molar-refractivity contribution is 5.99. The second kappa shape index (κ2) is 5.47. The molecule has 2 unspecified atom stereocenters. The van der Waals surface area contributed by atoms with Crippen LogP contribution in [0.1, 0.15) is 34.1 Å². The molecule has 0 saturated heterocycles. The zero-order valence-corrected chi connectivity index (χ0v) is 12.9. The van der Waals surface area contributed by atoms with Crippen molar-refractivity contribution in [2.75, 3.05) is 0 Å². The van der Waals surface area contributed by atoms with Crippen molar-refractivity contribution in [1.82, 2.24) is 15.0 Å². The molecule has 23 heavy (non-hydrogen) atoms. The average Bonchev–Trinajstić information content (AvgIpc) is 3.32. The monoisotopic (exact) mass is 303 g/mol. The van der Waals surface area contributed by atoms with Crippen LogP contribution in [0.2, 0.25) is 0 Å². The Morgan fingerprint density at radius 2 is 1.70 bits per heavy atom. The van der Waals surface area contributed by atoms with Crippen LogP contribution >= 0.6 is 0 Å². The number of benzene rings is 2. The lowest BCUT2D eigenvalue weighted by atomic mass is 10.1. The topological polar surface area (TPSA) is 47.8 Å². The molecule has 1 saturated carbocycles. The van der Waals surface area contributed by atoms with E-state index in [1.165, 1.54) is 5.56 Å². The standard InChI is InChI=1S/C19H17N3O/c1-13-18(20-21-22(13)15-10-6-3-7-11-15)19(23)17-12-16(17)14-8-4-2-5-9-14/h2-11,16-17H,12H2,1H3. The molecule has 3 aromatic rings. The van der Waals surface area contributed by atoms with Gasteiger partial charge in [0.25, 0.3) is 0 Å². The number of nitrogens with zero attached hydrogens (tertiary/aromatic N) is 3. The van der Waals surface area contributed by atoms with Gasteiger partial charge in [0.1, 0.15) is 0 Å². The summed E-state index contributed by atoms with van der Waals surface area (Å²) >= 11 is 0. The van der Waals surface area contributed by atoms with Gasteiger partial charge in [-0.3, -0.25) is 4.79 Å². The van der Waals surface area contributed by atoms with Gasteiger partial charge in [-0.2, -0.15) is 0 Å². The first-order valence-electron chi connectivity index (χ1n) is 7.82. The Morgan fingerprint density at radius 3 is 2.39 bits per heavy atom. The minimum absolute atomic E-state index is 0.0389. The minimum Gasteiger partial charge on any atom is -0.292 e. The molecule has 2 atom stereocenters.